The van der Waals surface area contributed by atoms with E-state index in [1.807, 2.05) is 17.0 Å². The van der Waals surface area contributed by atoms with Crippen LogP contribution >= 0.6 is 0 Å². The number of likely N-dealkylation sites (tertiary alicyclic amines) is 1. The van der Waals surface area contributed by atoms with Gasteiger partial charge < -0.3 is 10.2 Å². The van der Waals surface area contributed by atoms with Gasteiger partial charge in [0.15, 0.2) is 0 Å². The molecule has 1 saturated heterocycles. The minimum atomic E-state index is -0.404. The van der Waals surface area contributed by atoms with Gasteiger partial charge in [-0.05, 0) is 54.8 Å². The first-order valence-corrected chi connectivity index (χ1v) is 9.48. The number of rotatable bonds is 5. The van der Waals surface area contributed by atoms with E-state index in [-0.39, 0.29) is 24.2 Å². The van der Waals surface area contributed by atoms with Crippen LogP contribution in [0.5, 0.6) is 0 Å². The monoisotopic (exact) mass is 394 g/mol. The van der Waals surface area contributed by atoms with E-state index in [1.54, 1.807) is 18.2 Å². The molecule has 148 valence electrons. The number of benzene rings is 1. The lowest BCUT2D eigenvalue weighted by molar-refractivity contribution is -0.131. The highest BCUT2D eigenvalue weighted by Gasteiger charge is 2.30. The van der Waals surface area contributed by atoms with Crippen LogP contribution in [-0.4, -0.2) is 27.3 Å². The number of carbonyl (C=O) groups is 1. The highest BCUT2D eigenvalue weighted by Crippen LogP contribution is 2.32. The smallest absolute Gasteiger partial charge is 0.227 e. The third kappa shape index (κ3) is 4.56. The van der Waals surface area contributed by atoms with Gasteiger partial charge in [0.25, 0.3) is 0 Å². The Bertz CT molecular complexity index is 992. The Morgan fingerprint density at radius 1 is 1.03 bits per heavy atom. The first-order chi connectivity index (χ1) is 14.1. The Balaban J connectivity index is 1.48. The van der Waals surface area contributed by atoms with Crippen molar-refractivity contribution in [2.75, 3.05) is 11.9 Å². The van der Waals surface area contributed by atoms with Crippen molar-refractivity contribution in [1.82, 2.24) is 14.9 Å². The Labute approximate surface area is 167 Å². The maximum atomic E-state index is 13.1. The molecule has 4 rings (SSSR count). The van der Waals surface area contributed by atoms with Crippen molar-refractivity contribution >= 4 is 17.5 Å². The van der Waals surface area contributed by atoms with Crippen molar-refractivity contribution in [2.45, 2.75) is 25.3 Å². The first-order valence-electron chi connectivity index (χ1n) is 9.48. The molecular weight excluding hydrogens is 374 g/mol. The molecule has 0 radical (unpaired) electrons. The number of carbonyl (C=O) groups excluding carboxylic acids is 1. The molecule has 0 bridgehead atoms. The van der Waals surface area contributed by atoms with E-state index in [0.717, 1.165) is 30.3 Å². The summed E-state index contributed by atoms with van der Waals surface area (Å²) >= 11 is 0. The Hall–Kier alpha value is -3.35. The number of pyridine rings is 2. The van der Waals surface area contributed by atoms with Crippen LogP contribution in [0.2, 0.25) is 0 Å². The number of nitrogens with one attached hydrogen (secondary N) is 1. The summed E-state index contributed by atoms with van der Waals surface area (Å²) in [5.41, 5.74) is 1.58. The van der Waals surface area contributed by atoms with Gasteiger partial charge in [0, 0.05) is 6.54 Å². The molecule has 1 atom stereocenters. The maximum Gasteiger partial charge on any atom is 0.227 e. The van der Waals surface area contributed by atoms with E-state index in [0.29, 0.717) is 18.2 Å². The Morgan fingerprint density at radius 3 is 2.59 bits per heavy atom. The van der Waals surface area contributed by atoms with Gasteiger partial charge in [0.05, 0.1) is 24.4 Å². The number of halogens is 2. The molecule has 1 aliphatic rings. The molecular formula is C22H20F2N4O. The molecule has 7 heteroatoms. The van der Waals surface area contributed by atoms with Gasteiger partial charge in [0.2, 0.25) is 5.91 Å². The molecule has 29 heavy (non-hydrogen) atoms. The van der Waals surface area contributed by atoms with Gasteiger partial charge >= 0.3 is 0 Å². The van der Waals surface area contributed by atoms with Gasteiger partial charge in [0.1, 0.15) is 23.3 Å². The summed E-state index contributed by atoms with van der Waals surface area (Å²) in [5, 5.41) is 3.06. The van der Waals surface area contributed by atoms with Crippen LogP contribution in [0.4, 0.5) is 20.4 Å². The molecule has 1 aromatic carbocycles. The van der Waals surface area contributed by atoms with Crippen molar-refractivity contribution < 1.29 is 13.6 Å². The topological polar surface area (TPSA) is 58.1 Å². The van der Waals surface area contributed by atoms with Crippen LogP contribution in [0.1, 0.15) is 30.1 Å². The summed E-state index contributed by atoms with van der Waals surface area (Å²) in [6, 6.07) is 14.3. The Kier molecular flexibility index (Phi) is 5.46. The quantitative estimate of drug-likeness (QED) is 0.697. The Morgan fingerprint density at radius 2 is 1.83 bits per heavy atom. The summed E-state index contributed by atoms with van der Waals surface area (Å²) in [5.74, 6) is 0.355. The molecule has 0 saturated carbocycles. The predicted octanol–water partition coefficient (Wildman–Crippen LogP) is 4.40. The third-order valence-corrected chi connectivity index (χ3v) is 4.94. The van der Waals surface area contributed by atoms with E-state index < -0.39 is 5.82 Å². The van der Waals surface area contributed by atoms with Crippen LogP contribution in [-0.2, 0) is 11.2 Å². The molecule has 1 N–H and O–H groups in total. The van der Waals surface area contributed by atoms with Gasteiger partial charge in [-0.3, -0.25) is 4.79 Å². The molecule has 3 aromatic rings. The standard InChI is InChI=1S/C22H20F2N4O/c23-16-8-6-15(7-9-16)13-22(29)28-12-2-4-19(28)18-3-1-5-21(26-18)27-20-11-10-17(24)14-25-20/h1,3,5-11,14,19H,2,4,12-13H2,(H,25,26,27). The summed E-state index contributed by atoms with van der Waals surface area (Å²) in [6.07, 6.45) is 3.10. The zero-order valence-corrected chi connectivity index (χ0v) is 15.7. The van der Waals surface area contributed by atoms with E-state index in [4.69, 9.17) is 0 Å². The lowest BCUT2D eigenvalue weighted by atomic mass is 10.1. The van der Waals surface area contributed by atoms with E-state index >= 15 is 0 Å². The van der Waals surface area contributed by atoms with Gasteiger partial charge in [-0.2, -0.15) is 0 Å². The highest BCUT2D eigenvalue weighted by atomic mass is 19.1. The lowest BCUT2D eigenvalue weighted by Gasteiger charge is -2.25. The number of amides is 1. The molecule has 0 aliphatic carbocycles. The van der Waals surface area contributed by atoms with Crippen molar-refractivity contribution in [3.63, 3.8) is 0 Å². The third-order valence-electron chi connectivity index (χ3n) is 4.94. The van der Waals surface area contributed by atoms with Crippen LogP contribution in [0.25, 0.3) is 0 Å². The predicted molar refractivity (Wildman–Crippen MR) is 106 cm³/mol. The van der Waals surface area contributed by atoms with Crippen molar-refractivity contribution in [3.05, 3.63) is 83.7 Å². The molecule has 1 fully saturated rings. The number of hydrogen-bond acceptors (Lipinski definition) is 4. The van der Waals surface area contributed by atoms with Crippen molar-refractivity contribution in [3.8, 4) is 0 Å². The van der Waals surface area contributed by atoms with Gasteiger partial charge in [-0.1, -0.05) is 18.2 Å². The van der Waals surface area contributed by atoms with Crippen LogP contribution < -0.4 is 5.32 Å². The van der Waals surface area contributed by atoms with Gasteiger partial charge in [-0.25, -0.2) is 18.7 Å². The maximum absolute atomic E-state index is 13.1. The zero-order valence-electron chi connectivity index (χ0n) is 15.7. The second-order valence-corrected chi connectivity index (χ2v) is 6.98. The number of anilines is 2. The second kappa shape index (κ2) is 8.34. The first kappa shape index (κ1) is 19.0. The molecule has 0 spiro atoms. The number of hydrogen-bond donors (Lipinski definition) is 1. The SMILES string of the molecule is O=C(Cc1ccc(F)cc1)N1CCCC1c1cccc(Nc2ccc(F)cn2)n1. The van der Waals surface area contributed by atoms with Crippen molar-refractivity contribution in [2.24, 2.45) is 0 Å². The molecule has 5 nitrogen and oxygen atoms in total. The van der Waals surface area contributed by atoms with Crippen LogP contribution in [0.3, 0.4) is 0 Å². The van der Waals surface area contributed by atoms with E-state index in [2.05, 4.69) is 15.3 Å². The second-order valence-electron chi connectivity index (χ2n) is 6.98. The largest absolute Gasteiger partial charge is 0.334 e. The van der Waals surface area contributed by atoms with Crippen molar-refractivity contribution in [1.29, 1.82) is 0 Å². The number of nitrogens with zero attached hydrogens (tertiary/aromatic N) is 3. The average Bonchev–Trinajstić information content (AvgIpc) is 3.22. The van der Waals surface area contributed by atoms with E-state index in [1.165, 1.54) is 24.3 Å². The fraction of sp³-hybridized carbons (Fsp3) is 0.227. The molecule has 3 heterocycles. The van der Waals surface area contributed by atoms with Crippen LogP contribution in [0.15, 0.2) is 60.8 Å². The average molecular weight is 394 g/mol. The minimum absolute atomic E-state index is 0.000489. The molecule has 1 amide bonds. The normalized spacial score (nSPS) is 16.1. The molecule has 1 unspecified atom stereocenters. The minimum Gasteiger partial charge on any atom is -0.334 e. The molecule has 1 aliphatic heterocycles. The lowest BCUT2D eigenvalue weighted by Crippen LogP contribution is -2.32. The molecule has 2 aromatic heterocycles. The number of aromatic nitrogens is 2. The summed E-state index contributed by atoms with van der Waals surface area (Å²) in [6.45, 7) is 0.670. The summed E-state index contributed by atoms with van der Waals surface area (Å²) < 4.78 is 26.1. The summed E-state index contributed by atoms with van der Waals surface area (Å²) in [7, 11) is 0. The van der Waals surface area contributed by atoms with E-state index in [9.17, 15) is 13.6 Å². The fourth-order valence-electron chi connectivity index (χ4n) is 3.54. The van der Waals surface area contributed by atoms with Crippen LogP contribution in [0, 0.1) is 11.6 Å². The fourth-order valence-corrected chi connectivity index (χ4v) is 3.54. The zero-order chi connectivity index (χ0) is 20.2. The van der Waals surface area contributed by atoms with Gasteiger partial charge in [-0.15, -0.1) is 0 Å². The summed E-state index contributed by atoms with van der Waals surface area (Å²) in [4.78, 5) is 23.3. The highest BCUT2D eigenvalue weighted by molar-refractivity contribution is 5.79.